The number of oxazole rings is 1. The summed E-state index contributed by atoms with van der Waals surface area (Å²) in [6.07, 6.45) is 2.57. The summed E-state index contributed by atoms with van der Waals surface area (Å²) >= 11 is 0. The summed E-state index contributed by atoms with van der Waals surface area (Å²) in [6, 6.07) is 1.98. The van der Waals surface area contributed by atoms with Crippen molar-refractivity contribution >= 4 is 0 Å². The van der Waals surface area contributed by atoms with E-state index in [1.807, 2.05) is 19.9 Å². The first-order valence-electron chi connectivity index (χ1n) is 5.93. The summed E-state index contributed by atoms with van der Waals surface area (Å²) in [4.78, 5) is 4.27. The highest BCUT2D eigenvalue weighted by Crippen LogP contribution is 2.27. The van der Waals surface area contributed by atoms with Gasteiger partial charge < -0.3 is 14.2 Å². The lowest BCUT2D eigenvalue weighted by Gasteiger charge is -1.97. The van der Waals surface area contributed by atoms with Gasteiger partial charge in [-0.1, -0.05) is 6.92 Å². The fourth-order valence-electron chi connectivity index (χ4n) is 1.80. The Balaban J connectivity index is 2.10. The number of furan rings is 1. The third kappa shape index (κ3) is 2.77. The van der Waals surface area contributed by atoms with E-state index in [1.54, 1.807) is 6.20 Å². The first-order valence-corrected chi connectivity index (χ1v) is 5.93. The van der Waals surface area contributed by atoms with Gasteiger partial charge in [-0.3, -0.25) is 0 Å². The van der Waals surface area contributed by atoms with E-state index in [0.717, 1.165) is 48.2 Å². The Kier molecular flexibility index (Phi) is 3.64. The van der Waals surface area contributed by atoms with Gasteiger partial charge in [-0.2, -0.15) is 0 Å². The first-order chi connectivity index (χ1) is 8.20. The van der Waals surface area contributed by atoms with E-state index in [2.05, 4.69) is 17.2 Å². The second kappa shape index (κ2) is 5.19. The third-order valence-electron chi connectivity index (χ3n) is 2.63. The Labute approximate surface area is 101 Å². The van der Waals surface area contributed by atoms with Crippen molar-refractivity contribution in [3.8, 4) is 11.3 Å². The van der Waals surface area contributed by atoms with Crippen LogP contribution < -0.4 is 5.32 Å². The highest BCUT2D eigenvalue weighted by molar-refractivity contribution is 5.59. The minimum absolute atomic E-state index is 0.763. The van der Waals surface area contributed by atoms with Gasteiger partial charge in [0.1, 0.15) is 11.5 Å². The van der Waals surface area contributed by atoms with Crippen LogP contribution in [-0.2, 0) is 6.42 Å². The number of hydrogen-bond donors (Lipinski definition) is 1. The van der Waals surface area contributed by atoms with E-state index in [-0.39, 0.29) is 0 Å². The van der Waals surface area contributed by atoms with Crippen LogP contribution in [0.15, 0.2) is 21.1 Å². The van der Waals surface area contributed by atoms with Crippen LogP contribution in [0.25, 0.3) is 11.3 Å². The van der Waals surface area contributed by atoms with Crippen molar-refractivity contribution in [2.75, 3.05) is 13.1 Å². The molecule has 0 aliphatic rings. The number of hydrogen-bond acceptors (Lipinski definition) is 4. The molecule has 0 radical (unpaired) electrons. The molecule has 1 N–H and O–H groups in total. The van der Waals surface area contributed by atoms with Crippen LogP contribution in [0, 0.1) is 13.8 Å². The molecule has 0 bridgehead atoms. The van der Waals surface area contributed by atoms with Gasteiger partial charge in [-0.05, 0) is 26.5 Å². The van der Waals surface area contributed by atoms with Crippen LogP contribution in [0.5, 0.6) is 0 Å². The minimum atomic E-state index is 0.763. The molecule has 0 fully saturated rings. The van der Waals surface area contributed by atoms with Gasteiger partial charge in [0.15, 0.2) is 11.7 Å². The maximum atomic E-state index is 5.70. The number of likely N-dealkylation sites (N-methyl/N-ethyl adjacent to an activating group) is 1. The second-order valence-electron chi connectivity index (χ2n) is 4.05. The maximum Gasteiger partial charge on any atom is 0.196 e. The molecule has 4 nitrogen and oxygen atoms in total. The van der Waals surface area contributed by atoms with E-state index >= 15 is 0 Å². The number of aromatic nitrogens is 1. The maximum absolute atomic E-state index is 5.70. The molecule has 0 amide bonds. The second-order valence-corrected chi connectivity index (χ2v) is 4.05. The van der Waals surface area contributed by atoms with Crippen LogP contribution in [0.2, 0.25) is 0 Å². The molecule has 92 valence electrons. The summed E-state index contributed by atoms with van der Waals surface area (Å²) in [5.74, 6) is 3.31. The molecule has 4 heteroatoms. The molecule has 0 aliphatic heterocycles. The smallest absolute Gasteiger partial charge is 0.196 e. The third-order valence-corrected chi connectivity index (χ3v) is 2.63. The largest absolute Gasteiger partial charge is 0.466 e. The molecule has 0 aliphatic carbocycles. The van der Waals surface area contributed by atoms with Gasteiger partial charge in [-0.25, -0.2) is 4.98 Å². The Bertz CT molecular complexity index is 485. The first kappa shape index (κ1) is 11.9. The molecule has 0 saturated heterocycles. The monoisotopic (exact) mass is 234 g/mol. The fraction of sp³-hybridized carbons (Fsp3) is 0.462. The molecule has 0 atom stereocenters. The van der Waals surface area contributed by atoms with Gasteiger partial charge in [0.05, 0.1) is 11.8 Å². The van der Waals surface area contributed by atoms with Crippen molar-refractivity contribution in [3.63, 3.8) is 0 Å². The predicted octanol–water partition coefficient (Wildman–Crippen LogP) is 2.70. The zero-order valence-electron chi connectivity index (χ0n) is 10.5. The van der Waals surface area contributed by atoms with Crippen LogP contribution in [0.1, 0.15) is 24.3 Å². The summed E-state index contributed by atoms with van der Waals surface area (Å²) in [5.41, 5.74) is 0.990. The lowest BCUT2D eigenvalue weighted by atomic mass is 10.2. The van der Waals surface area contributed by atoms with Crippen LogP contribution in [-0.4, -0.2) is 18.1 Å². The zero-order valence-corrected chi connectivity index (χ0v) is 10.5. The molecule has 2 heterocycles. The van der Waals surface area contributed by atoms with Gasteiger partial charge in [0.2, 0.25) is 0 Å². The molecule has 17 heavy (non-hydrogen) atoms. The van der Waals surface area contributed by atoms with Gasteiger partial charge >= 0.3 is 0 Å². The Morgan fingerprint density at radius 1 is 1.29 bits per heavy atom. The standard InChI is InChI=1S/C13H18N2O2/c1-4-14-6-5-13-15-8-12(17-13)11-7-9(2)16-10(11)3/h7-8,14H,4-6H2,1-3H3. The van der Waals surface area contributed by atoms with Crippen molar-refractivity contribution in [2.45, 2.75) is 27.2 Å². The van der Waals surface area contributed by atoms with E-state index in [9.17, 15) is 0 Å². The van der Waals surface area contributed by atoms with E-state index in [4.69, 9.17) is 8.83 Å². The van der Waals surface area contributed by atoms with Crippen molar-refractivity contribution in [1.29, 1.82) is 0 Å². The number of rotatable bonds is 5. The molecule has 0 aromatic carbocycles. The number of nitrogens with zero attached hydrogens (tertiary/aromatic N) is 1. The molecular formula is C13H18N2O2. The molecule has 0 saturated carbocycles. The SMILES string of the molecule is CCNCCc1ncc(-c2cc(C)oc2C)o1. The van der Waals surface area contributed by atoms with E-state index in [1.165, 1.54) is 0 Å². The van der Waals surface area contributed by atoms with E-state index < -0.39 is 0 Å². The predicted molar refractivity (Wildman–Crippen MR) is 65.9 cm³/mol. The summed E-state index contributed by atoms with van der Waals surface area (Å²) in [7, 11) is 0. The normalized spacial score (nSPS) is 11.0. The summed E-state index contributed by atoms with van der Waals surface area (Å²) < 4.78 is 11.2. The van der Waals surface area contributed by atoms with E-state index in [0.29, 0.717) is 0 Å². The highest BCUT2D eigenvalue weighted by Gasteiger charge is 2.12. The zero-order chi connectivity index (χ0) is 12.3. The Morgan fingerprint density at radius 3 is 2.76 bits per heavy atom. The van der Waals surface area contributed by atoms with Crippen molar-refractivity contribution in [3.05, 3.63) is 29.7 Å². The van der Waals surface area contributed by atoms with Crippen molar-refractivity contribution < 1.29 is 8.83 Å². The summed E-state index contributed by atoms with van der Waals surface area (Å²) in [6.45, 7) is 7.80. The minimum Gasteiger partial charge on any atom is -0.466 e. The van der Waals surface area contributed by atoms with Gasteiger partial charge in [0.25, 0.3) is 0 Å². The fourth-order valence-corrected chi connectivity index (χ4v) is 1.80. The number of nitrogens with one attached hydrogen (secondary N) is 1. The lowest BCUT2D eigenvalue weighted by Crippen LogP contribution is -2.16. The van der Waals surface area contributed by atoms with Crippen molar-refractivity contribution in [2.24, 2.45) is 0 Å². The van der Waals surface area contributed by atoms with Crippen LogP contribution >= 0.6 is 0 Å². The molecule has 2 aromatic rings. The Hall–Kier alpha value is -1.55. The summed E-state index contributed by atoms with van der Waals surface area (Å²) in [5, 5.41) is 3.24. The lowest BCUT2D eigenvalue weighted by molar-refractivity contribution is 0.489. The van der Waals surface area contributed by atoms with Crippen LogP contribution in [0.4, 0.5) is 0 Å². The van der Waals surface area contributed by atoms with Gasteiger partial charge in [0, 0.05) is 13.0 Å². The average molecular weight is 234 g/mol. The van der Waals surface area contributed by atoms with Crippen molar-refractivity contribution in [1.82, 2.24) is 10.3 Å². The quantitative estimate of drug-likeness (QED) is 0.808. The molecule has 0 spiro atoms. The molecule has 0 unspecified atom stereocenters. The number of aryl methyl sites for hydroxylation is 2. The topological polar surface area (TPSA) is 51.2 Å². The van der Waals surface area contributed by atoms with Crippen LogP contribution in [0.3, 0.4) is 0 Å². The molecule has 2 rings (SSSR count). The molecule has 2 aromatic heterocycles. The highest BCUT2D eigenvalue weighted by atomic mass is 16.4. The molecular weight excluding hydrogens is 216 g/mol. The Morgan fingerprint density at radius 2 is 2.12 bits per heavy atom. The average Bonchev–Trinajstić information content (AvgIpc) is 2.86. The van der Waals surface area contributed by atoms with Gasteiger partial charge in [-0.15, -0.1) is 0 Å².